The van der Waals surface area contributed by atoms with Crippen molar-refractivity contribution in [3.8, 4) is 0 Å². The molecule has 0 spiro atoms. The zero-order valence-electron chi connectivity index (χ0n) is 11.3. The van der Waals surface area contributed by atoms with Crippen LogP contribution >= 0.6 is 0 Å². The smallest absolute Gasteiger partial charge is 0.223 e. The highest BCUT2D eigenvalue weighted by Gasteiger charge is 2.23. The number of rotatable bonds is 6. The third-order valence-corrected chi connectivity index (χ3v) is 3.25. The Bertz CT molecular complexity index is 297. The van der Waals surface area contributed by atoms with Gasteiger partial charge in [0.05, 0.1) is 12.1 Å². The molecule has 1 aliphatic rings. The standard InChI is InChI=1S/C13H24N2O3/c1-13(2,9-16)15-11(17)7-8-14-12(18)10-5-3-4-6-10/h10,16H,3-9H2,1-2H3,(H,14,18)(H,15,17). The van der Waals surface area contributed by atoms with Gasteiger partial charge in [0.15, 0.2) is 0 Å². The number of hydrogen-bond acceptors (Lipinski definition) is 3. The Balaban J connectivity index is 2.17. The number of nitrogens with one attached hydrogen (secondary N) is 2. The largest absolute Gasteiger partial charge is 0.394 e. The van der Waals surface area contributed by atoms with Crippen molar-refractivity contribution in [2.75, 3.05) is 13.2 Å². The lowest BCUT2D eigenvalue weighted by Gasteiger charge is -2.23. The minimum Gasteiger partial charge on any atom is -0.394 e. The summed E-state index contributed by atoms with van der Waals surface area (Å²) in [6.45, 7) is 3.76. The molecule has 1 fully saturated rings. The second-order valence-corrected chi connectivity index (χ2v) is 5.61. The molecule has 0 radical (unpaired) electrons. The van der Waals surface area contributed by atoms with Crippen LogP contribution in [0.25, 0.3) is 0 Å². The molecule has 0 saturated heterocycles. The van der Waals surface area contributed by atoms with Gasteiger partial charge in [0.1, 0.15) is 0 Å². The Morgan fingerprint density at radius 2 is 1.89 bits per heavy atom. The number of carbonyl (C=O) groups excluding carboxylic acids is 2. The van der Waals surface area contributed by atoms with Crippen LogP contribution in [0.5, 0.6) is 0 Å². The topological polar surface area (TPSA) is 78.4 Å². The summed E-state index contributed by atoms with van der Waals surface area (Å²) < 4.78 is 0. The first-order valence-corrected chi connectivity index (χ1v) is 6.64. The summed E-state index contributed by atoms with van der Waals surface area (Å²) in [5.74, 6) is 0.0597. The van der Waals surface area contributed by atoms with Crippen molar-refractivity contribution in [1.82, 2.24) is 10.6 Å². The van der Waals surface area contributed by atoms with Crippen LogP contribution in [0.3, 0.4) is 0 Å². The molecule has 0 aromatic heterocycles. The predicted molar refractivity (Wildman–Crippen MR) is 68.9 cm³/mol. The summed E-state index contributed by atoms with van der Waals surface area (Å²) >= 11 is 0. The van der Waals surface area contributed by atoms with E-state index >= 15 is 0 Å². The molecule has 3 N–H and O–H groups in total. The molecule has 18 heavy (non-hydrogen) atoms. The van der Waals surface area contributed by atoms with Crippen molar-refractivity contribution in [1.29, 1.82) is 0 Å². The summed E-state index contributed by atoms with van der Waals surface area (Å²) in [7, 11) is 0. The van der Waals surface area contributed by atoms with Crippen LogP contribution < -0.4 is 10.6 Å². The van der Waals surface area contributed by atoms with Crippen molar-refractivity contribution in [3.05, 3.63) is 0 Å². The molecule has 0 aromatic carbocycles. The lowest BCUT2D eigenvalue weighted by molar-refractivity contribution is -0.125. The van der Waals surface area contributed by atoms with Crippen LogP contribution in [0.15, 0.2) is 0 Å². The Hall–Kier alpha value is -1.10. The molecule has 0 aliphatic heterocycles. The molecule has 2 amide bonds. The van der Waals surface area contributed by atoms with Gasteiger partial charge in [0, 0.05) is 18.9 Å². The maximum absolute atomic E-state index is 11.7. The Kier molecular flexibility index (Phi) is 5.59. The summed E-state index contributed by atoms with van der Waals surface area (Å²) in [6, 6.07) is 0. The van der Waals surface area contributed by atoms with Gasteiger partial charge in [-0.2, -0.15) is 0 Å². The fraction of sp³-hybridized carbons (Fsp3) is 0.846. The van der Waals surface area contributed by atoms with E-state index in [1.54, 1.807) is 13.8 Å². The van der Waals surface area contributed by atoms with Gasteiger partial charge < -0.3 is 15.7 Å². The molecule has 0 unspecified atom stereocenters. The normalized spacial score (nSPS) is 16.6. The van der Waals surface area contributed by atoms with E-state index in [0.29, 0.717) is 6.54 Å². The van der Waals surface area contributed by atoms with E-state index in [0.717, 1.165) is 25.7 Å². The van der Waals surface area contributed by atoms with E-state index in [1.807, 2.05) is 0 Å². The first kappa shape index (κ1) is 15.0. The van der Waals surface area contributed by atoms with Crippen LogP contribution in [0.2, 0.25) is 0 Å². The number of aliphatic hydroxyl groups is 1. The summed E-state index contributed by atoms with van der Waals surface area (Å²) in [5.41, 5.74) is -0.605. The molecular weight excluding hydrogens is 232 g/mol. The maximum Gasteiger partial charge on any atom is 0.223 e. The molecular formula is C13H24N2O3. The van der Waals surface area contributed by atoms with Gasteiger partial charge in [-0.05, 0) is 26.7 Å². The summed E-state index contributed by atoms with van der Waals surface area (Å²) in [5, 5.41) is 14.5. The lowest BCUT2D eigenvalue weighted by Crippen LogP contribution is -2.47. The second-order valence-electron chi connectivity index (χ2n) is 5.61. The molecule has 0 bridgehead atoms. The third kappa shape index (κ3) is 5.04. The van der Waals surface area contributed by atoms with Crippen LogP contribution in [0, 0.1) is 5.92 Å². The van der Waals surface area contributed by atoms with Gasteiger partial charge in [-0.1, -0.05) is 12.8 Å². The Morgan fingerprint density at radius 3 is 2.44 bits per heavy atom. The first-order chi connectivity index (χ1) is 8.44. The SMILES string of the molecule is CC(C)(CO)NC(=O)CCNC(=O)C1CCCC1. The molecule has 5 nitrogen and oxygen atoms in total. The third-order valence-electron chi connectivity index (χ3n) is 3.25. The van der Waals surface area contributed by atoms with E-state index in [2.05, 4.69) is 10.6 Å². The minimum absolute atomic E-state index is 0.0710. The maximum atomic E-state index is 11.7. The van der Waals surface area contributed by atoms with Crippen LogP contribution in [0.1, 0.15) is 46.0 Å². The second kappa shape index (κ2) is 6.73. The molecule has 5 heteroatoms. The van der Waals surface area contributed by atoms with Crippen LogP contribution in [-0.4, -0.2) is 35.6 Å². The number of amides is 2. The number of carbonyl (C=O) groups is 2. The highest BCUT2D eigenvalue weighted by molar-refractivity contribution is 5.80. The monoisotopic (exact) mass is 256 g/mol. The van der Waals surface area contributed by atoms with E-state index in [4.69, 9.17) is 5.11 Å². The first-order valence-electron chi connectivity index (χ1n) is 6.64. The van der Waals surface area contributed by atoms with Crippen LogP contribution in [0.4, 0.5) is 0 Å². The fourth-order valence-electron chi connectivity index (χ4n) is 2.11. The van der Waals surface area contributed by atoms with Gasteiger partial charge in [0.2, 0.25) is 11.8 Å². The van der Waals surface area contributed by atoms with Crippen molar-refractivity contribution >= 4 is 11.8 Å². The fourth-order valence-corrected chi connectivity index (χ4v) is 2.11. The molecule has 0 atom stereocenters. The quantitative estimate of drug-likeness (QED) is 0.650. The van der Waals surface area contributed by atoms with E-state index in [1.165, 1.54) is 0 Å². The van der Waals surface area contributed by atoms with Gasteiger partial charge in [-0.15, -0.1) is 0 Å². The highest BCUT2D eigenvalue weighted by Crippen LogP contribution is 2.24. The average molecular weight is 256 g/mol. The van der Waals surface area contributed by atoms with Crippen molar-refractivity contribution < 1.29 is 14.7 Å². The summed E-state index contributed by atoms with van der Waals surface area (Å²) in [6.07, 6.45) is 4.44. The average Bonchev–Trinajstić information content (AvgIpc) is 2.81. The predicted octanol–water partition coefficient (Wildman–Crippen LogP) is 0.570. The van der Waals surface area contributed by atoms with E-state index in [9.17, 15) is 9.59 Å². The van der Waals surface area contributed by atoms with Gasteiger partial charge in [-0.25, -0.2) is 0 Å². The van der Waals surface area contributed by atoms with Crippen LogP contribution in [-0.2, 0) is 9.59 Å². The van der Waals surface area contributed by atoms with Gasteiger partial charge in [0.25, 0.3) is 0 Å². The Labute approximate surface area is 108 Å². The zero-order valence-corrected chi connectivity index (χ0v) is 11.3. The zero-order chi connectivity index (χ0) is 13.6. The molecule has 0 aromatic rings. The van der Waals surface area contributed by atoms with Gasteiger partial charge >= 0.3 is 0 Å². The molecule has 1 rings (SSSR count). The van der Waals surface area contributed by atoms with E-state index < -0.39 is 5.54 Å². The molecule has 1 saturated carbocycles. The van der Waals surface area contributed by atoms with Crippen molar-refractivity contribution in [2.45, 2.75) is 51.5 Å². The minimum atomic E-state index is -0.605. The lowest BCUT2D eigenvalue weighted by atomic mass is 10.1. The molecule has 1 aliphatic carbocycles. The molecule has 104 valence electrons. The number of aliphatic hydroxyl groups excluding tert-OH is 1. The summed E-state index contributed by atoms with van der Waals surface area (Å²) in [4.78, 5) is 23.2. The highest BCUT2D eigenvalue weighted by atomic mass is 16.3. The van der Waals surface area contributed by atoms with Gasteiger partial charge in [-0.3, -0.25) is 9.59 Å². The van der Waals surface area contributed by atoms with Crippen molar-refractivity contribution in [2.24, 2.45) is 5.92 Å². The van der Waals surface area contributed by atoms with Crippen molar-refractivity contribution in [3.63, 3.8) is 0 Å². The Morgan fingerprint density at radius 1 is 1.28 bits per heavy atom. The van der Waals surface area contributed by atoms with E-state index in [-0.39, 0.29) is 30.8 Å². The number of hydrogen-bond donors (Lipinski definition) is 3. The molecule has 0 heterocycles.